The van der Waals surface area contributed by atoms with E-state index in [1.807, 2.05) is 54.7 Å². The summed E-state index contributed by atoms with van der Waals surface area (Å²) in [7, 11) is -3.31. The monoisotopic (exact) mass is 388 g/mol. The topological polar surface area (TPSA) is 62.0 Å². The second kappa shape index (κ2) is 6.72. The second-order valence-corrected chi connectivity index (χ2v) is 9.41. The van der Waals surface area contributed by atoms with Crippen LogP contribution in [0.5, 0.6) is 0 Å². The Labute approximate surface area is 158 Å². The van der Waals surface area contributed by atoms with E-state index in [-0.39, 0.29) is 11.2 Å². The molecule has 136 valence electrons. The second-order valence-electron chi connectivity index (χ2n) is 7.05. The molecule has 0 spiro atoms. The number of halogens is 1. The number of nitrogens with one attached hydrogen (secondary N) is 2. The van der Waals surface area contributed by atoms with Gasteiger partial charge in [0.1, 0.15) is 0 Å². The van der Waals surface area contributed by atoms with Gasteiger partial charge in [-0.2, -0.15) is 0 Å². The quantitative estimate of drug-likeness (QED) is 0.642. The smallest absolute Gasteiger partial charge is 0.211 e. The molecule has 0 amide bonds. The first kappa shape index (κ1) is 17.6. The number of aromatic nitrogens is 1. The van der Waals surface area contributed by atoms with Gasteiger partial charge in [0.25, 0.3) is 0 Å². The van der Waals surface area contributed by atoms with Crippen LogP contribution in [0.2, 0.25) is 5.02 Å². The molecule has 0 saturated heterocycles. The number of H-pyrrole nitrogens is 1. The molecule has 0 unspecified atom stereocenters. The molecule has 1 aromatic heterocycles. The number of aryl methyl sites for hydroxylation is 1. The van der Waals surface area contributed by atoms with Crippen LogP contribution >= 0.6 is 11.6 Å². The number of benzene rings is 2. The first-order valence-electron chi connectivity index (χ1n) is 8.76. The average Bonchev–Trinajstić information content (AvgIpc) is 3.31. The van der Waals surface area contributed by atoms with Gasteiger partial charge >= 0.3 is 0 Å². The van der Waals surface area contributed by atoms with Crippen molar-refractivity contribution in [2.24, 2.45) is 0 Å². The number of fused-ring (bicyclic) bond motifs is 1. The zero-order valence-corrected chi connectivity index (χ0v) is 15.9. The maximum absolute atomic E-state index is 12.4. The first-order chi connectivity index (χ1) is 12.5. The lowest BCUT2D eigenvalue weighted by Gasteiger charge is -2.16. The van der Waals surface area contributed by atoms with Gasteiger partial charge in [0.15, 0.2) is 0 Å². The summed E-state index contributed by atoms with van der Waals surface area (Å²) >= 11 is 6.05. The Hall–Kier alpha value is -1.82. The van der Waals surface area contributed by atoms with Crippen molar-refractivity contribution in [1.82, 2.24) is 9.71 Å². The van der Waals surface area contributed by atoms with Crippen molar-refractivity contribution in [2.45, 2.75) is 24.7 Å². The zero-order valence-electron chi connectivity index (χ0n) is 14.3. The standard InChI is InChI=1S/C20H21ClN2O2S/c21-16-6-7-17-18(13-22-19(17)12-16)20(9-10-20)14-23-26(24,25)11-8-15-4-2-1-3-5-15/h1-7,12-13,22-23H,8-11,14H2. The highest BCUT2D eigenvalue weighted by atomic mass is 35.5. The molecular weight excluding hydrogens is 368 g/mol. The average molecular weight is 389 g/mol. The van der Waals surface area contributed by atoms with Crippen molar-refractivity contribution in [2.75, 3.05) is 12.3 Å². The van der Waals surface area contributed by atoms with Gasteiger partial charge in [0.2, 0.25) is 10.0 Å². The van der Waals surface area contributed by atoms with Gasteiger partial charge < -0.3 is 4.98 Å². The third-order valence-corrected chi connectivity index (χ3v) is 6.76. The van der Waals surface area contributed by atoms with Gasteiger partial charge in [-0.15, -0.1) is 0 Å². The predicted octanol–water partition coefficient (Wildman–Crippen LogP) is 4.02. The molecule has 4 nitrogen and oxygen atoms in total. The fraction of sp³-hybridized carbons (Fsp3) is 0.300. The highest BCUT2D eigenvalue weighted by Gasteiger charge is 2.46. The van der Waals surface area contributed by atoms with Crippen LogP contribution in [0.1, 0.15) is 24.0 Å². The number of sulfonamides is 1. The van der Waals surface area contributed by atoms with E-state index < -0.39 is 10.0 Å². The number of rotatable bonds is 7. The molecule has 1 heterocycles. The van der Waals surface area contributed by atoms with Crippen molar-refractivity contribution >= 4 is 32.5 Å². The van der Waals surface area contributed by atoms with E-state index in [4.69, 9.17) is 11.6 Å². The van der Waals surface area contributed by atoms with Crippen molar-refractivity contribution in [3.63, 3.8) is 0 Å². The molecule has 1 aliphatic carbocycles. The van der Waals surface area contributed by atoms with E-state index in [0.29, 0.717) is 18.0 Å². The SMILES string of the molecule is O=S(=O)(CCc1ccccc1)NCC1(c2c[nH]c3cc(Cl)ccc23)CC1. The summed E-state index contributed by atoms with van der Waals surface area (Å²) in [6.07, 6.45) is 4.49. The molecule has 0 atom stereocenters. The molecule has 6 heteroatoms. The van der Waals surface area contributed by atoms with Crippen molar-refractivity contribution in [3.05, 3.63) is 70.9 Å². The van der Waals surface area contributed by atoms with Gasteiger partial charge in [0.05, 0.1) is 5.75 Å². The summed E-state index contributed by atoms with van der Waals surface area (Å²) in [6, 6.07) is 15.5. The van der Waals surface area contributed by atoms with Gasteiger partial charge in [-0.25, -0.2) is 13.1 Å². The van der Waals surface area contributed by atoms with Crippen molar-refractivity contribution in [1.29, 1.82) is 0 Å². The maximum atomic E-state index is 12.4. The van der Waals surface area contributed by atoms with E-state index in [2.05, 4.69) is 9.71 Å². The third kappa shape index (κ3) is 3.65. The Morgan fingerprint density at radius 3 is 2.62 bits per heavy atom. The van der Waals surface area contributed by atoms with Crippen LogP contribution in [0.4, 0.5) is 0 Å². The van der Waals surface area contributed by atoms with Crippen LogP contribution in [0, 0.1) is 0 Å². The fourth-order valence-electron chi connectivity index (χ4n) is 3.45. The van der Waals surface area contributed by atoms with Gasteiger partial charge in [-0.05, 0) is 42.5 Å². The van der Waals surface area contributed by atoms with E-state index in [1.54, 1.807) is 0 Å². The fourth-order valence-corrected chi connectivity index (χ4v) is 4.76. The predicted molar refractivity (Wildman–Crippen MR) is 106 cm³/mol. The van der Waals surface area contributed by atoms with Crippen LogP contribution in [-0.2, 0) is 21.9 Å². The van der Waals surface area contributed by atoms with Gasteiger partial charge in [-0.1, -0.05) is 48.0 Å². The third-order valence-electron chi connectivity index (χ3n) is 5.20. The summed E-state index contributed by atoms with van der Waals surface area (Å²) < 4.78 is 27.7. The van der Waals surface area contributed by atoms with E-state index >= 15 is 0 Å². The van der Waals surface area contributed by atoms with Gasteiger partial charge in [0, 0.05) is 34.1 Å². The van der Waals surface area contributed by atoms with Crippen LogP contribution in [-0.4, -0.2) is 25.7 Å². The summed E-state index contributed by atoms with van der Waals surface area (Å²) in [6.45, 7) is 0.444. The van der Waals surface area contributed by atoms with Crippen LogP contribution in [0.3, 0.4) is 0 Å². The summed E-state index contributed by atoms with van der Waals surface area (Å²) in [5.74, 6) is 0.108. The number of hydrogen-bond donors (Lipinski definition) is 2. The molecule has 1 aliphatic rings. The van der Waals surface area contributed by atoms with E-state index in [9.17, 15) is 8.42 Å². The lowest BCUT2D eigenvalue weighted by atomic mass is 9.96. The summed E-state index contributed by atoms with van der Waals surface area (Å²) in [5, 5.41) is 1.81. The van der Waals surface area contributed by atoms with Crippen molar-refractivity contribution in [3.8, 4) is 0 Å². The highest BCUT2D eigenvalue weighted by molar-refractivity contribution is 7.89. The Balaban J connectivity index is 1.44. The molecule has 0 radical (unpaired) electrons. The van der Waals surface area contributed by atoms with E-state index in [0.717, 1.165) is 29.3 Å². The molecule has 26 heavy (non-hydrogen) atoms. The van der Waals surface area contributed by atoms with Gasteiger partial charge in [-0.3, -0.25) is 0 Å². The first-order valence-corrected chi connectivity index (χ1v) is 10.8. The number of hydrogen-bond acceptors (Lipinski definition) is 2. The molecule has 0 aliphatic heterocycles. The lowest BCUT2D eigenvalue weighted by molar-refractivity contribution is 0.567. The summed E-state index contributed by atoms with van der Waals surface area (Å²) in [4.78, 5) is 3.26. The Bertz CT molecular complexity index is 1020. The maximum Gasteiger partial charge on any atom is 0.211 e. The highest BCUT2D eigenvalue weighted by Crippen LogP contribution is 2.50. The molecule has 1 saturated carbocycles. The molecule has 2 N–H and O–H groups in total. The minimum Gasteiger partial charge on any atom is -0.361 e. The Kier molecular flexibility index (Phi) is 4.55. The van der Waals surface area contributed by atoms with Crippen molar-refractivity contribution < 1.29 is 8.42 Å². The molecule has 4 rings (SSSR count). The largest absolute Gasteiger partial charge is 0.361 e. The number of aromatic amines is 1. The molecule has 3 aromatic rings. The van der Waals surface area contributed by atoms with E-state index in [1.165, 1.54) is 5.56 Å². The van der Waals surface area contributed by atoms with Crippen LogP contribution in [0.25, 0.3) is 10.9 Å². The zero-order chi connectivity index (χ0) is 18.2. The van der Waals surface area contributed by atoms with Crippen LogP contribution in [0.15, 0.2) is 54.7 Å². The normalized spacial score (nSPS) is 16.0. The molecule has 1 fully saturated rings. The lowest BCUT2D eigenvalue weighted by Crippen LogP contribution is -2.34. The minimum absolute atomic E-state index is 0.105. The Morgan fingerprint density at radius 2 is 1.88 bits per heavy atom. The summed E-state index contributed by atoms with van der Waals surface area (Å²) in [5.41, 5.74) is 3.10. The molecule has 0 bridgehead atoms. The molecule has 2 aromatic carbocycles. The Morgan fingerprint density at radius 1 is 1.12 bits per heavy atom. The minimum atomic E-state index is -3.31. The van der Waals surface area contributed by atoms with Crippen LogP contribution < -0.4 is 4.72 Å². The molecular formula is C20H21ClN2O2S.